The number of nitrogens with zero attached hydrogens (tertiary/aromatic N) is 2. The summed E-state index contributed by atoms with van der Waals surface area (Å²) < 4.78 is 0. The molecule has 0 amide bonds. The highest BCUT2D eigenvalue weighted by Crippen LogP contribution is 2.13. The third-order valence-corrected chi connectivity index (χ3v) is 4.98. The van der Waals surface area contributed by atoms with Gasteiger partial charge >= 0.3 is 0 Å². The number of benzene rings is 1. The molecule has 3 rings (SSSR count). The molecule has 1 aromatic heterocycles. The fourth-order valence-corrected chi connectivity index (χ4v) is 3.41. The molecule has 1 aliphatic heterocycles. The standard InChI is InChI=1S/C17H23N3S/c1-2-4-15(5-3-1)6-9-20-10-7-16(8-11-20)19-13-17-12-18-14-21-17/h1-5,12,14,16,19H,6-11,13H2. The summed E-state index contributed by atoms with van der Waals surface area (Å²) in [5.74, 6) is 0. The molecule has 2 aromatic rings. The molecule has 1 saturated heterocycles. The van der Waals surface area contributed by atoms with Crippen molar-refractivity contribution in [1.82, 2.24) is 15.2 Å². The Morgan fingerprint density at radius 2 is 2.00 bits per heavy atom. The lowest BCUT2D eigenvalue weighted by molar-refractivity contribution is 0.199. The molecular weight excluding hydrogens is 278 g/mol. The van der Waals surface area contributed by atoms with E-state index in [1.165, 1.54) is 49.3 Å². The number of rotatable bonds is 6. The molecule has 1 aliphatic rings. The molecule has 0 radical (unpaired) electrons. The van der Waals surface area contributed by atoms with Gasteiger partial charge in [0.2, 0.25) is 0 Å². The van der Waals surface area contributed by atoms with E-state index in [0.717, 1.165) is 6.54 Å². The van der Waals surface area contributed by atoms with Crippen LogP contribution in [-0.4, -0.2) is 35.6 Å². The largest absolute Gasteiger partial charge is 0.309 e. The second kappa shape index (κ2) is 7.69. The molecule has 1 fully saturated rings. The van der Waals surface area contributed by atoms with Gasteiger partial charge < -0.3 is 10.2 Å². The maximum atomic E-state index is 4.12. The smallest absolute Gasteiger partial charge is 0.0794 e. The predicted octanol–water partition coefficient (Wildman–Crippen LogP) is 2.94. The molecule has 2 heterocycles. The summed E-state index contributed by atoms with van der Waals surface area (Å²) >= 11 is 1.73. The SMILES string of the molecule is c1ccc(CCN2CCC(NCc3cncs3)CC2)cc1. The lowest BCUT2D eigenvalue weighted by Gasteiger charge is -2.32. The van der Waals surface area contributed by atoms with Crippen LogP contribution in [0.1, 0.15) is 23.3 Å². The Bertz CT molecular complexity index is 504. The molecule has 0 spiro atoms. The van der Waals surface area contributed by atoms with Crippen molar-refractivity contribution in [2.75, 3.05) is 19.6 Å². The van der Waals surface area contributed by atoms with Gasteiger partial charge in [-0.05, 0) is 37.9 Å². The van der Waals surface area contributed by atoms with Gasteiger partial charge in [-0.1, -0.05) is 30.3 Å². The first kappa shape index (κ1) is 14.7. The average Bonchev–Trinajstić information content (AvgIpc) is 3.06. The van der Waals surface area contributed by atoms with Gasteiger partial charge in [-0.2, -0.15) is 0 Å². The predicted molar refractivity (Wildman–Crippen MR) is 88.6 cm³/mol. The molecule has 0 unspecified atom stereocenters. The quantitative estimate of drug-likeness (QED) is 0.889. The molecule has 0 bridgehead atoms. The minimum Gasteiger partial charge on any atom is -0.309 e. The number of likely N-dealkylation sites (tertiary alicyclic amines) is 1. The van der Waals surface area contributed by atoms with Crippen LogP contribution in [0.25, 0.3) is 0 Å². The van der Waals surface area contributed by atoms with Gasteiger partial charge in [0.05, 0.1) is 5.51 Å². The van der Waals surface area contributed by atoms with Gasteiger partial charge in [-0.15, -0.1) is 11.3 Å². The van der Waals surface area contributed by atoms with Crippen molar-refractivity contribution in [2.45, 2.75) is 31.8 Å². The molecule has 1 aromatic carbocycles. The Kier molecular flexibility index (Phi) is 5.38. The first-order valence-electron chi connectivity index (χ1n) is 7.77. The number of hydrogen-bond donors (Lipinski definition) is 1. The second-order valence-corrected chi connectivity index (χ2v) is 6.67. The molecule has 4 heteroatoms. The summed E-state index contributed by atoms with van der Waals surface area (Å²) in [4.78, 5) is 8.05. The fourth-order valence-electron chi connectivity index (χ4n) is 2.87. The number of hydrogen-bond acceptors (Lipinski definition) is 4. The minimum absolute atomic E-state index is 0.667. The van der Waals surface area contributed by atoms with Crippen LogP contribution in [0.15, 0.2) is 42.0 Å². The van der Waals surface area contributed by atoms with Crippen LogP contribution in [0, 0.1) is 0 Å². The van der Waals surface area contributed by atoms with Crippen molar-refractivity contribution < 1.29 is 0 Å². The summed E-state index contributed by atoms with van der Waals surface area (Å²) in [6, 6.07) is 11.5. The van der Waals surface area contributed by atoms with Crippen LogP contribution in [-0.2, 0) is 13.0 Å². The Hall–Kier alpha value is -1.23. The van der Waals surface area contributed by atoms with Crippen LogP contribution >= 0.6 is 11.3 Å². The zero-order chi connectivity index (χ0) is 14.3. The molecule has 0 atom stereocenters. The third kappa shape index (κ3) is 4.63. The maximum absolute atomic E-state index is 4.12. The Labute approximate surface area is 131 Å². The van der Waals surface area contributed by atoms with Crippen molar-refractivity contribution in [3.05, 3.63) is 52.5 Å². The second-order valence-electron chi connectivity index (χ2n) is 5.70. The van der Waals surface area contributed by atoms with Crippen molar-refractivity contribution in [3.63, 3.8) is 0 Å². The Balaban J connectivity index is 1.35. The fraction of sp³-hybridized carbons (Fsp3) is 0.471. The zero-order valence-corrected chi connectivity index (χ0v) is 13.2. The van der Waals surface area contributed by atoms with E-state index >= 15 is 0 Å². The monoisotopic (exact) mass is 301 g/mol. The van der Waals surface area contributed by atoms with Crippen molar-refractivity contribution in [2.24, 2.45) is 0 Å². The number of nitrogens with one attached hydrogen (secondary N) is 1. The van der Waals surface area contributed by atoms with Gasteiger partial charge in [0, 0.05) is 30.2 Å². The highest BCUT2D eigenvalue weighted by molar-refractivity contribution is 7.09. The summed E-state index contributed by atoms with van der Waals surface area (Å²) in [6.07, 6.45) is 5.65. The van der Waals surface area contributed by atoms with E-state index in [1.54, 1.807) is 11.3 Å². The van der Waals surface area contributed by atoms with E-state index in [9.17, 15) is 0 Å². The molecule has 112 valence electrons. The van der Waals surface area contributed by atoms with E-state index in [4.69, 9.17) is 0 Å². The maximum Gasteiger partial charge on any atom is 0.0794 e. The van der Waals surface area contributed by atoms with E-state index < -0.39 is 0 Å². The lowest BCUT2D eigenvalue weighted by Crippen LogP contribution is -2.42. The molecule has 21 heavy (non-hydrogen) atoms. The minimum atomic E-state index is 0.667. The highest BCUT2D eigenvalue weighted by Gasteiger charge is 2.18. The Morgan fingerprint density at radius 1 is 1.19 bits per heavy atom. The van der Waals surface area contributed by atoms with E-state index in [1.807, 2.05) is 11.7 Å². The van der Waals surface area contributed by atoms with E-state index in [2.05, 4.69) is 45.5 Å². The topological polar surface area (TPSA) is 28.2 Å². The zero-order valence-electron chi connectivity index (χ0n) is 12.4. The summed E-state index contributed by atoms with van der Waals surface area (Å²) in [5, 5.41) is 3.66. The molecule has 0 aliphatic carbocycles. The normalized spacial score (nSPS) is 17.1. The van der Waals surface area contributed by atoms with Crippen LogP contribution in [0.2, 0.25) is 0 Å². The number of aromatic nitrogens is 1. The average molecular weight is 301 g/mol. The molecular formula is C17H23N3S. The highest BCUT2D eigenvalue weighted by atomic mass is 32.1. The molecule has 1 N–H and O–H groups in total. The number of thiazole rings is 1. The number of piperidine rings is 1. The van der Waals surface area contributed by atoms with E-state index in [-0.39, 0.29) is 0 Å². The lowest BCUT2D eigenvalue weighted by atomic mass is 10.0. The first-order chi connectivity index (χ1) is 10.4. The van der Waals surface area contributed by atoms with Crippen LogP contribution in [0.3, 0.4) is 0 Å². The van der Waals surface area contributed by atoms with Crippen molar-refractivity contribution >= 4 is 11.3 Å². The van der Waals surface area contributed by atoms with Gasteiger partial charge in [0.25, 0.3) is 0 Å². The van der Waals surface area contributed by atoms with Crippen molar-refractivity contribution in [1.29, 1.82) is 0 Å². The van der Waals surface area contributed by atoms with E-state index in [0.29, 0.717) is 6.04 Å². The molecule has 0 saturated carbocycles. The van der Waals surface area contributed by atoms with Gasteiger partial charge in [0.15, 0.2) is 0 Å². The van der Waals surface area contributed by atoms with Crippen LogP contribution < -0.4 is 5.32 Å². The first-order valence-corrected chi connectivity index (χ1v) is 8.65. The van der Waals surface area contributed by atoms with Crippen LogP contribution in [0.5, 0.6) is 0 Å². The third-order valence-electron chi connectivity index (χ3n) is 4.20. The Morgan fingerprint density at radius 3 is 2.71 bits per heavy atom. The van der Waals surface area contributed by atoms with Gasteiger partial charge in [0.1, 0.15) is 0 Å². The summed E-state index contributed by atoms with van der Waals surface area (Å²) in [7, 11) is 0. The van der Waals surface area contributed by atoms with Crippen LogP contribution in [0.4, 0.5) is 0 Å². The summed E-state index contributed by atoms with van der Waals surface area (Å²) in [5.41, 5.74) is 3.35. The van der Waals surface area contributed by atoms with Gasteiger partial charge in [-0.3, -0.25) is 4.98 Å². The van der Waals surface area contributed by atoms with Crippen molar-refractivity contribution in [3.8, 4) is 0 Å². The summed E-state index contributed by atoms with van der Waals surface area (Å²) in [6.45, 7) is 4.59. The molecule has 3 nitrogen and oxygen atoms in total. The van der Waals surface area contributed by atoms with Gasteiger partial charge in [-0.25, -0.2) is 0 Å².